The molecule has 0 radical (unpaired) electrons. The van der Waals surface area contributed by atoms with Gasteiger partial charge in [-0.25, -0.2) is 4.39 Å². The fourth-order valence-corrected chi connectivity index (χ4v) is 3.23. The van der Waals surface area contributed by atoms with Crippen molar-refractivity contribution in [1.82, 2.24) is 25.0 Å². The molecule has 2 heterocycles. The lowest BCUT2D eigenvalue weighted by atomic mass is 10.2. The molecule has 0 aliphatic carbocycles. The van der Waals surface area contributed by atoms with Gasteiger partial charge in [-0.2, -0.15) is 5.26 Å². The SMILES string of the molecule is N#Cc1ccc(Sc2nnc(-c3ccccc3)n2-c2ccc(F)cc2)nn1. The maximum Gasteiger partial charge on any atom is 0.202 e. The Morgan fingerprint density at radius 2 is 1.63 bits per heavy atom. The zero-order chi connectivity index (χ0) is 18.6. The van der Waals surface area contributed by atoms with Crippen molar-refractivity contribution in [3.05, 3.63) is 78.2 Å². The minimum Gasteiger partial charge on any atom is -0.270 e. The third kappa shape index (κ3) is 3.54. The van der Waals surface area contributed by atoms with Crippen molar-refractivity contribution < 1.29 is 4.39 Å². The lowest BCUT2D eigenvalue weighted by molar-refractivity contribution is 0.627. The van der Waals surface area contributed by atoms with Crippen molar-refractivity contribution >= 4 is 11.8 Å². The Morgan fingerprint density at radius 3 is 2.30 bits per heavy atom. The van der Waals surface area contributed by atoms with Crippen LogP contribution >= 0.6 is 11.8 Å². The fraction of sp³-hybridized carbons (Fsp3) is 0. The van der Waals surface area contributed by atoms with Gasteiger partial charge in [0.1, 0.15) is 16.9 Å². The Labute approximate surface area is 158 Å². The Morgan fingerprint density at radius 1 is 0.852 bits per heavy atom. The molecule has 4 aromatic rings. The quantitative estimate of drug-likeness (QED) is 0.539. The second-order valence-corrected chi connectivity index (χ2v) is 6.44. The third-order valence-corrected chi connectivity index (χ3v) is 4.57. The predicted octanol–water partition coefficient (Wildman–Crippen LogP) is 3.89. The van der Waals surface area contributed by atoms with Crippen LogP contribution < -0.4 is 0 Å². The molecule has 0 saturated heterocycles. The van der Waals surface area contributed by atoms with Crippen molar-refractivity contribution in [2.75, 3.05) is 0 Å². The van der Waals surface area contributed by atoms with Crippen LogP contribution in [0.2, 0.25) is 0 Å². The van der Waals surface area contributed by atoms with Gasteiger partial charge in [0.25, 0.3) is 0 Å². The molecule has 2 aromatic carbocycles. The lowest BCUT2D eigenvalue weighted by Crippen LogP contribution is -2.00. The van der Waals surface area contributed by atoms with Crippen molar-refractivity contribution in [3.8, 4) is 23.1 Å². The van der Waals surface area contributed by atoms with E-state index in [1.165, 1.54) is 23.9 Å². The number of halogens is 1. The molecule has 8 heteroatoms. The zero-order valence-electron chi connectivity index (χ0n) is 13.8. The minimum absolute atomic E-state index is 0.240. The largest absolute Gasteiger partial charge is 0.270 e. The van der Waals surface area contributed by atoms with E-state index >= 15 is 0 Å². The molecule has 0 fully saturated rings. The lowest BCUT2D eigenvalue weighted by Gasteiger charge is -2.10. The highest BCUT2D eigenvalue weighted by molar-refractivity contribution is 7.99. The van der Waals surface area contributed by atoms with E-state index in [-0.39, 0.29) is 11.5 Å². The summed E-state index contributed by atoms with van der Waals surface area (Å²) in [5, 5.41) is 26.4. The average molecular weight is 374 g/mol. The van der Waals surface area contributed by atoms with E-state index in [0.29, 0.717) is 16.0 Å². The molecule has 4 rings (SSSR count). The number of aromatic nitrogens is 5. The summed E-state index contributed by atoms with van der Waals surface area (Å²) in [7, 11) is 0. The van der Waals surface area contributed by atoms with Gasteiger partial charge in [0.2, 0.25) is 5.16 Å². The second-order valence-electron chi connectivity index (χ2n) is 5.45. The summed E-state index contributed by atoms with van der Waals surface area (Å²) in [6, 6.07) is 20.9. The van der Waals surface area contributed by atoms with Crippen LogP contribution in [0.3, 0.4) is 0 Å². The van der Waals surface area contributed by atoms with Gasteiger partial charge in [0.05, 0.1) is 0 Å². The molecule has 0 saturated carbocycles. The number of hydrogen-bond donors (Lipinski definition) is 0. The van der Waals surface area contributed by atoms with E-state index in [1.807, 2.05) is 41.0 Å². The monoisotopic (exact) mass is 374 g/mol. The summed E-state index contributed by atoms with van der Waals surface area (Å²) in [4.78, 5) is 0. The maximum absolute atomic E-state index is 13.4. The Hall–Kier alpha value is -3.57. The van der Waals surface area contributed by atoms with Gasteiger partial charge < -0.3 is 0 Å². The molecule has 0 aliphatic rings. The van der Waals surface area contributed by atoms with Crippen LogP contribution in [0.1, 0.15) is 5.69 Å². The van der Waals surface area contributed by atoms with Crippen LogP contribution in [0.15, 0.2) is 76.9 Å². The summed E-state index contributed by atoms with van der Waals surface area (Å²) in [5.74, 6) is 0.312. The van der Waals surface area contributed by atoms with Crippen LogP contribution in [0.25, 0.3) is 17.1 Å². The van der Waals surface area contributed by atoms with Gasteiger partial charge in [0.15, 0.2) is 11.5 Å². The van der Waals surface area contributed by atoms with Crippen LogP contribution in [-0.2, 0) is 0 Å². The molecule has 0 bridgehead atoms. The number of hydrogen-bond acceptors (Lipinski definition) is 6. The number of nitrogens with zero attached hydrogens (tertiary/aromatic N) is 6. The van der Waals surface area contributed by atoms with Crippen molar-refractivity contribution in [2.24, 2.45) is 0 Å². The molecule has 0 amide bonds. The molecule has 0 aliphatic heterocycles. The van der Waals surface area contributed by atoms with Crippen LogP contribution in [-0.4, -0.2) is 25.0 Å². The van der Waals surface area contributed by atoms with Crippen molar-refractivity contribution in [1.29, 1.82) is 5.26 Å². The van der Waals surface area contributed by atoms with Crippen molar-refractivity contribution in [2.45, 2.75) is 10.2 Å². The first-order valence-corrected chi connectivity index (χ1v) is 8.75. The van der Waals surface area contributed by atoms with Crippen LogP contribution in [0, 0.1) is 17.1 Å². The van der Waals surface area contributed by atoms with Gasteiger partial charge >= 0.3 is 0 Å². The number of nitriles is 1. The maximum atomic E-state index is 13.4. The molecule has 0 unspecified atom stereocenters. The van der Waals surface area contributed by atoms with Crippen molar-refractivity contribution in [3.63, 3.8) is 0 Å². The highest BCUT2D eigenvalue weighted by Crippen LogP contribution is 2.31. The fourth-order valence-electron chi connectivity index (χ4n) is 2.46. The first-order valence-electron chi connectivity index (χ1n) is 7.93. The van der Waals surface area contributed by atoms with E-state index in [4.69, 9.17) is 5.26 Å². The zero-order valence-corrected chi connectivity index (χ0v) is 14.6. The van der Waals surface area contributed by atoms with Gasteiger partial charge in [-0.1, -0.05) is 30.3 Å². The van der Waals surface area contributed by atoms with Crippen LogP contribution in [0.4, 0.5) is 4.39 Å². The minimum atomic E-state index is -0.319. The van der Waals surface area contributed by atoms with Gasteiger partial charge in [-0.15, -0.1) is 20.4 Å². The molecule has 2 aromatic heterocycles. The van der Waals surface area contributed by atoms with Gasteiger partial charge in [-0.05, 0) is 48.2 Å². The van der Waals surface area contributed by atoms with Crippen LogP contribution in [0.5, 0.6) is 0 Å². The van der Waals surface area contributed by atoms with Gasteiger partial charge in [0, 0.05) is 11.3 Å². The molecule has 0 atom stereocenters. The van der Waals surface area contributed by atoms with E-state index in [9.17, 15) is 4.39 Å². The molecular formula is C19H11FN6S. The highest BCUT2D eigenvalue weighted by Gasteiger charge is 2.17. The summed E-state index contributed by atoms with van der Waals surface area (Å²) < 4.78 is 15.2. The van der Waals surface area contributed by atoms with Gasteiger partial charge in [-0.3, -0.25) is 4.57 Å². The Kier molecular flexibility index (Phi) is 4.60. The molecule has 0 N–H and O–H groups in total. The highest BCUT2D eigenvalue weighted by atomic mass is 32.2. The predicted molar refractivity (Wildman–Crippen MR) is 97.6 cm³/mol. The number of benzene rings is 2. The molecular weight excluding hydrogens is 363 g/mol. The van der Waals surface area contributed by atoms with E-state index in [0.717, 1.165) is 11.3 Å². The average Bonchev–Trinajstić information content (AvgIpc) is 3.13. The smallest absolute Gasteiger partial charge is 0.202 e. The van der Waals surface area contributed by atoms with E-state index in [2.05, 4.69) is 20.4 Å². The first-order chi connectivity index (χ1) is 13.2. The third-order valence-electron chi connectivity index (χ3n) is 3.70. The Bertz CT molecular complexity index is 1100. The molecule has 130 valence electrons. The normalized spacial score (nSPS) is 10.5. The number of rotatable bonds is 4. The first kappa shape index (κ1) is 16.9. The summed E-state index contributed by atoms with van der Waals surface area (Å²) in [5.41, 5.74) is 1.85. The molecule has 0 spiro atoms. The Balaban J connectivity index is 1.80. The molecule has 6 nitrogen and oxygen atoms in total. The standard InChI is InChI=1S/C19H11FN6S/c20-14-6-9-16(10-7-14)26-18(13-4-2-1-3-5-13)24-25-19(26)27-17-11-8-15(12-21)22-23-17/h1-11H. The molecule has 27 heavy (non-hydrogen) atoms. The van der Waals surface area contributed by atoms with E-state index < -0.39 is 0 Å². The summed E-state index contributed by atoms with van der Waals surface area (Å²) in [6.07, 6.45) is 0. The van der Waals surface area contributed by atoms with E-state index in [1.54, 1.807) is 24.3 Å². The summed E-state index contributed by atoms with van der Waals surface area (Å²) in [6.45, 7) is 0. The summed E-state index contributed by atoms with van der Waals surface area (Å²) >= 11 is 1.26. The second kappa shape index (κ2) is 7.35. The topological polar surface area (TPSA) is 80.3 Å².